The van der Waals surface area contributed by atoms with Gasteiger partial charge in [-0.1, -0.05) is 66.1 Å². The lowest BCUT2D eigenvalue weighted by atomic mass is 9.92. The van der Waals surface area contributed by atoms with Crippen LogP contribution in [0.1, 0.15) is 46.3 Å². The summed E-state index contributed by atoms with van der Waals surface area (Å²) in [5.41, 5.74) is -4.20. The normalized spacial score (nSPS) is 14.6. The Morgan fingerprint density at radius 3 is 1.98 bits per heavy atom. The minimum absolute atomic E-state index is 0.0177. The maximum absolute atomic E-state index is 15.0. The molecule has 2 atom stereocenters. The number of nitrogens with zero attached hydrogens (tertiary/aromatic N) is 1. The van der Waals surface area contributed by atoms with Crippen molar-refractivity contribution in [1.29, 1.82) is 0 Å². The molecule has 2 aromatic carbocycles. The molecule has 16 heteroatoms. The van der Waals surface area contributed by atoms with Crippen LogP contribution in [0.2, 0.25) is 15.1 Å². The summed E-state index contributed by atoms with van der Waals surface area (Å²) in [7, 11) is 1.00. The first-order chi connectivity index (χ1) is 18.5. The summed E-state index contributed by atoms with van der Waals surface area (Å²) in [6.07, 6.45) is -15.7. The highest BCUT2D eigenvalue weighted by Gasteiger charge is 2.41. The van der Waals surface area contributed by atoms with E-state index in [0.29, 0.717) is 17.0 Å². The van der Waals surface area contributed by atoms with E-state index in [1.165, 1.54) is 6.92 Å². The van der Waals surface area contributed by atoms with E-state index in [2.05, 4.69) is 0 Å². The second-order valence-electron chi connectivity index (χ2n) is 8.93. The molecule has 226 valence electrons. The van der Waals surface area contributed by atoms with E-state index in [4.69, 9.17) is 47.0 Å². The molecule has 0 aliphatic heterocycles. The standard InChI is InChI=1S/C25H18Cl3F10NOS/c1-11(22(41)39(2)10-23(30,31)32)5-20(40)14-4-3-12(6-16(14)25(36,37)38)19(29)9-15(24(33,34)35)13-7-17(26)21(28)18(27)8-13/h3-4,6-9,11,15H,5,10H2,1-2H3/b19-9-/t11-,15?/m0/s1. The van der Waals surface area contributed by atoms with Gasteiger partial charge in [-0.25, -0.2) is 4.39 Å². The molecular formula is C25H18Cl3F10NOS. The van der Waals surface area contributed by atoms with Gasteiger partial charge in [0.25, 0.3) is 0 Å². The molecule has 0 bridgehead atoms. The number of rotatable bonds is 8. The van der Waals surface area contributed by atoms with Crippen molar-refractivity contribution in [3.63, 3.8) is 0 Å². The Labute approximate surface area is 247 Å². The van der Waals surface area contributed by atoms with Crippen LogP contribution in [-0.2, 0) is 6.18 Å². The molecule has 0 N–H and O–H groups in total. The third-order valence-corrected chi connectivity index (χ3v) is 7.55. The summed E-state index contributed by atoms with van der Waals surface area (Å²) >= 11 is 22.2. The first-order valence-corrected chi connectivity index (χ1v) is 12.7. The van der Waals surface area contributed by atoms with Gasteiger partial charge in [-0.2, -0.15) is 39.5 Å². The van der Waals surface area contributed by atoms with Crippen LogP contribution in [0, 0.1) is 5.92 Å². The van der Waals surface area contributed by atoms with Crippen molar-refractivity contribution in [3.05, 3.63) is 73.7 Å². The zero-order valence-electron chi connectivity index (χ0n) is 20.7. The van der Waals surface area contributed by atoms with E-state index >= 15 is 4.39 Å². The van der Waals surface area contributed by atoms with Gasteiger partial charge in [0.15, 0.2) is 5.78 Å². The zero-order valence-corrected chi connectivity index (χ0v) is 23.8. The lowest BCUT2D eigenvalue weighted by Gasteiger charge is -2.25. The molecule has 0 aliphatic rings. The molecule has 0 heterocycles. The molecule has 0 saturated carbocycles. The highest BCUT2D eigenvalue weighted by atomic mass is 35.5. The Morgan fingerprint density at radius 2 is 1.51 bits per heavy atom. The quantitative estimate of drug-likeness (QED) is 0.120. The van der Waals surface area contributed by atoms with Crippen molar-refractivity contribution in [2.45, 2.75) is 37.8 Å². The number of hydrogen-bond acceptors (Lipinski definition) is 2. The second kappa shape index (κ2) is 13.0. The monoisotopic (exact) mass is 675 g/mol. The van der Waals surface area contributed by atoms with Crippen molar-refractivity contribution in [3.8, 4) is 0 Å². The van der Waals surface area contributed by atoms with E-state index in [1.54, 1.807) is 0 Å². The summed E-state index contributed by atoms with van der Waals surface area (Å²) in [5.74, 6) is -6.67. The van der Waals surface area contributed by atoms with E-state index in [-0.39, 0.29) is 32.2 Å². The van der Waals surface area contributed by atoms with Crippen LogP contribution in [-0.4, -0.2) is 41.6 Å². The molecule has 0 fully saturated rings. The van der Waals surface area contributed by atoms with Gasteiger partial charge in [0.2, 0.25) is 0 Å². The van der Waals surface area contributed by atoms with Crippen molar-refractivity contribution in [1.82, 2.24) is 4.90 Å². The molecule has 1 unspecified atom stereocenters. The van der Waals surface area contributed by atoms with Crippen molar-refractivity contribution in [2.24, 2.45) is 5.92 Å². The third kappa shape index (κ3) is 9.45. The third-order valence-electron chi connectivity index (χ3n) is 5.64. The predicted octanol–water partition coefficient (Wildman–Crippen LogP) is 10.4. The molecule has 0 aliphatic carbocycles. The first-order valence-electron chi connectivity index (χ1n) is 11.2. The predicted molar refractivity (Wildman–Crippen MR) is 140 cm³/mol. The number of alkyl halides is 9. The first kappa shape index (κ1) is 35.1. The SMILES string of the molecule is C[C@@H](CC(=O)c1ccc(/C(F)=C/C(c2cc(Cl)c(Cl)c(Cl)c2)C(F)(F)F)cc1C(F)(F)F)C(=S)N(C)CC(F)(F)F. The molecule has 0 radical (unpaired) electrons. The Kier molecular flexibility index (Phi) is 11.2. The maximum atomic E-state index is 15.0. The lowest BCUT2D eigenvalue weighted by Crippen LogP contribution is -2.38. The van der Waals surface area contributed by atoms with Crippen LogP contribution in [0.15, 0.2) is 36.4 Å². The van der Waals surface area contributed by atoms with Crippen LogP contribution >= 0.6 is 47.0 Å². The number of allylic oxidation sites excluding steroid dienone is 1. The molecule has 0 spiro atoms. The molecule has 41 heavy (non-hydrogen) atoms. The molecule has 0 aromatic heterocycles. The number of hydrogen-bond donors (Lipinski definition) is 0. The van der Waals surface area contributed by atoms with Gasteiger partial charge < -0.3 is 4.90 Å². The van der Waals surface area contributed by atoms with Crippen molar-refractivity contribution < 1.29 is 48.7 Å². The van der Waals surface area contributed by atoms with Crippen LogP contribution in [0.25, 0.3) is 5.83 Å². The summed E-state index contributed by atoms with van der Waals surface area (Å²) in [6, 6.07) is 2.95. The fraction of sp³-hybridized carbons (Fsp3) is 0.360. The van der Waals surface area contributed by atoms with Gasteiger partial charge in [-0.05, 0) is 29.8 Å². The fourth-order valence-electron chi connectivity index (χ4n) is 3.75. The van der Waals surface area contributed by atoms with Gasteiger partial charge >= 0.3 is 18.5 Å². The Morgan fingerprint density at radius 1 is 0.976 bits per heavy atom. The van der Waals surface area contributed by atoms with Crippen molar-refractivity contribution in [2.75, 3.05) is 13.6 Å². The molecular weight excluding hydrogens is 659 g/mol. The molecule has 2 nitrogen and oxygen atoms in total. The second-order valence-corrected chi connectivity index (χ2v) is 10.5. The van der Waals surface area contributed by atoms with Crippen LogP contribution in [0.5, 0.6) is 0 Å². The summed E-state index contributed by atoms with van der Waals surface area (Å²) < 4.78 is 136. The maximum Gasteiger partial charge on any atom is 0.417 e. The average molecular weight is 677 g/mol. The van der Waals surface area contributed by atoms with E-state index < -0.39 is 77.2 Å². The fourth-order valence-corrected chi connectivity index (χ4v) is 4.51. The Hall–Kier alpha value is -2.09. The summed E-state index contributed by atoms with van der Waals surface area (Å²) in [5, 5.41) is -1.02. The van der Waals surface area contributed by atoms with Gasteiger partial charge in [0.1, 0.15) is 18.3 Å². The van der Waals surface area contributed by atoms with Gasteiger partial charge in [0, 0.05) is 30.5 Å². The topological polar surface area (TPSA) is 20.3 Å². The number of carbonyl (C=O) groups is 1. The number of thiocarbonyl (C=S) groups is 1. The summed E-state index contributed by atoms with van der Waals surface area (Å²) in [4.78, 5) is 13.0. The number of Topliss-reactive ketones (excluding diaryl/α,β-unsaturated/α-hetero) is 1. The van der Waals surface area contributed by atoms with Crippen LogP contribution < -0.4 is 0 Å². The number of halogens is 13. The highest BCUT2D eigenvalue weighted by Crippen LogP contribution is 2.43. The Balaban J connectivity index is 2.47. The molecule has 0 amide bonds. The van der Waals surface area contributed by atoms with E-state index in [1.807, 2.05) is 0 Å². The van der Waals surface area contributed by atoms with E-state index in [9.17, 15) is 44.3 Å². The summed E-state index contributed by atoms with van der Waals surface area (Å²) in [6.45, 7) is -0.213. The van der Waals surface area contributed by atoms with Gasteiger partial charge in [0.05, 0.1) is 25.6 Å². The van der Waals surface area contributed by atoms with Gasteiger partial charge in [-0.15, -0.1) is 0 Å². The number of ketones is 1. The van der Waals surface area contributed by atoms with Crippen LogP contribution in [0.3, 0.4) is 0 Å². The average Bonchev–Trinajstić information content (AvgIpc) is 2.82. The number of carbonyl (C=O) groups excluding carboxylic acids is 1. The minimum Gasteiger partial charge on any atom is -0.360 e. The van der Waals surface area contributed by atoms with Crippen LogP contribution in [0.4, 0.5) is 43.9 Å². The molecule has 2 rings (SSSR count). The van der Waals surface area contributed by atoms with Gasteiger partial charge in [-0.3, -0.25) is 4.79 Å². The lowest BCUT2D eigenvalue weighted by molar-refractivity contribution is -0.140. The van der Waals surface area contributed by atoms with Crippen molar-refractivity contribution >= 4 is 63.6 Å². The number of benzene rings is 2. The molecule has 0 saturated heterocycles. The molecule has 2 aromatic rings. The Bertz CT molecular complexity index is 1320. The zero-order chi connectivity index (χ0) is 31.7. The largest absolute Gasteiger partial charge is 0.417 e. The minimum atomic E-state index is -5.25. The van der Waals surface area contributed by atoms with E-state index in [0.717, 1.165) is 19.2 Å². The smallest absolute Gasteiger partial charge is 0.360 e. The highest BCUT2D eigenvalue weighted by molar-refractivity contribution is 7.80.